The number of carbonyl (C=O) groups excluding carboxylic acids is 1. The first-order valence-corrected chi connectivity index (χ1v) is 8.83. The Balaban J connectivity index is 1.70. The first-order chi connectivity index (χ1) is 10.2. The molecule has 1 aromatic heterocycles. The summed E-state index contributed by atoms with van der Waals surface area (Å²) in [6.45, 7) is 5.81. The Labute approximate surface area is 130 Å². The van der Waals surface area contributed by atoms with Gasteiger partial charge in [0.1, 0.15) is 12.7 Å². The van der Waals surface area contributed by atoms with Gasteiger partial charge in [0.25, 0.3) is 0 Å². The number of hydrogen-bond acceptors (Lipinski definition) is 4. The highest BCUT2D eigenvalue weighted by atomic mass is 32.2. The monoisotopic (exact) mass is 311 g/mol. The standard InChI is InChI=1S/C14H25N5OS/c1-3-21-9-6-12(2)17-14(20)18-7-4-13(5-8-18)19-11-15-10-16-19/h10-13H,3-9H2,1-2H3,(H,17,20)/t12-/m0/s1. The number of likely N-dealkylation sites (tertiary alicyclic amines) is 1. The lowest BCUT2D eigenvalue weighted by atomic mass is 10.1. The number of piperidine rings is 1. The highest BCUT2D eigenvalue weighted by molar-refractivity contribution is 7.99. The normalized spacial score (nSPS) is 17.7. The average molecular weight is 311 g/mol. The molecule has 2 rings (SSSR count). The number of rotatable bonds is 6. The molecule has 7 heteroatoms. The van der Waals surface area contributed by atoms with Crippen LogP contribution in [-0.4, -0.2) is 56.3 Å². The van der Waals surface area contributed by atoms with Crippen LogP contribution in [-0.2, 0) is 0 Å². The average Bonchev–Trinajstić information content (AvgIpc) is 3.02. The van der Waals surface area contributed by atoms with Gasteiger partial charge in [-0.25, -0.2) is 14.5 Å². The van der Waals surface area contributed by atoms with E-state index in [2.05, 4.69) is 29.2 Å². The van der Waals surface area contributed by atoms with Gasteiger partial charge < -0.3 is 10.2 Å². The summed E-state index contributed by atoms with van der Waals surface area (Å²) in [5, 5.41) is 7.28. The molecule has 2 amide bonds. The fourth-order valence-electron chi connectivity index (χ4n) is 2.52. The van der Waals surface area contributed by atoms with Crippen molar-refractivity contribution in [1.29, 1.82) is 0 Å². The lowest BCUT2D eigenvalue weighted by Crippen LogP contribution is -2.47. The maximum atomic E-state index is 12.2. The van der Waals surface area contributed by atoms with Gasteiger partial charge in [0, 0.05) is 19.1 Å². The summed E-state index contributed by atoms with van der Waals surface area (Å²) in [6.07, 6.45) is 6.23. The van der Waals surface area contributed by atoms with Crippen molar-refractivity contribution in [2.75, 3.05) is 24.6 Å². The van der Waals surface area contributed by atoms with E-state index in [9.17, 15) is 4.79 Å². The van der Waals surface area contributed by atoms with Crippen LogP contribution in [0.3, 0.4) is 0 Å². The lowest BCUT2D eigenvalue weighted by molar-refractivity contribution is 0.166. The summed E-state index contributed by atoms with van der Waals surface area (Å²) in [6, 6.07) is 0.681. The Morgan fingerprint density at radius 2 is 2.24 bits per heavy atom. The smallest absolute Gasteiger partial charge is 0.317 e. The molecule has 1 aromatic rings. The molecular formula is C14H25N5OS. The van der Waals surface area contributed by atoms with E-state index in [4.69, 9.17) is 0 Å². The van der Waals surface area contributed by atoms with E-state index >= 15 is 0 Å². The molecule has 21 heavy (non-hydrogen) atoms. The quantitative estimate of drug-likeness (QED) is 0.818. The van der Waals surface area contributed by atoms with Crippen molar-refractivity contribution in [3.05, 3.63) is 12.7 Å². The number of hydrogen-bond donors (Lipinski definition) is 1. The van der Waals surface area contributed by atoms with Gasteiger partial charge in [-0.2, -0.15) is 16.9 Å². The van der Waals surface area contributed by atoms with Crippen LogP contribution in [0.15, 0.2) is 12.7 Å². The van der Waals surface area contributed by atoms with Crippen LogP contribution >= 0.6 is 11.8 Å². The van der Waals surface area contributed by atoms with Crippen LogP contribution in [0, 0.1) is 0 Å². The van der Waals surface area contributed by atoms with E-state index < -0.39 is 0 Å². The molecule has 0 spiro atoms. The van der Waals surface area contributed by atoms with E-state index in [1.54, 1.807) is 12.7 Å². The van der Waals surface area contributed by atoms with Crippen molar-refractivity contribution in [2.45, 2.75) is 45.2 Å². The molecule has 6 nitrogen and oxygen atoms in total. The van der Waals surface area contributed by atoms with Gasteiger partial charge in [0.15, 0.2) is 0 Å². The number of carbonyl (C=O) groups is 1. The molecule has 1 aliphatic heterocycles. The van der Waals surface area contributed by atoms with Crippen LogP contribution in [0.1, 0.15) is 39.2 Å². The van der Waals surface area contributed by atoms with E-state index in [-0.39, 0.29) is 12.1 Å². The topological polar surface area (TPSA) is 63.1 Å². The molecule has 0 bridgehead atoms. The first kappa shape index (κ1) is 16.1. The predicted octanol–water partition coefficient (Wildman–Crippen LogP) is 2.16. The summed E-state index contributed by atoms with van der Waals surface area (Å²) in [4.78, 5) is 18.1. The van der Waals surface area contributed by atoms with E-state index in [1.807, 2.05) is 21.3 Å². The fourth-order valence-corrected chi connectivity index (χ4v) is 3.33. The highest BCUT2D eigenvalue weighted by Crippen LogP contribution is 2.21. The molecule has 118 valence electrons. The zero-order valence-corrected chi connectivity index (χ0v) is 13.7. The molecule has 0 aromatic carbocycles. The number of nitrogens with zero attached hydrogens (tertiary/aromatic N) is 4. The third kappa shape index (κ3) is 4.91. The Hall–Kier alpha value is -1.24. The molecule has 1 aliphatic rings. The second-order valence-electron chi connectivity index (χ2n) is 5.43. The minimum atomic E-state index is 0.0704. The van der Waals surface area contributed by atoms with Gasteiger partial charge >= 0.3 is 6.03 Å². The van der Waals surface area contributed by atoms with Crippen molar-refractivity contribution in [1.82, 2.24) is 25.0 Å². The third-order valence-corrected chi connectivity index (χ3v) is 4.76. The van der Waals surface area contributed by atoms with Gasteiger partial charge in [-0.15, -0.1) is 0 Å². The minimum Gasteiger partial charge on any atom is -0.336 e. The van der Waals surface area contributed by atoms with Crippen LogP contribution in [0.4, 0.5) is 4.79 Å². The second kappa shape index (κ2) is 8.26. The van der Waals surface area contributed by atoms with Gasteiger partial charge in [-0.05, 0) is 37.7 Å². The highest BCUT2D eigenvalue weighted by Gasteiger charge is 2.24. The third-order valence-electron chi connectivity index (χ3n) is 3.83. The summed E-state index contributed by atoms with van der Waals surface area (Å²) >= 11 is 1.92. The fraction of sp³-hybridized carbons (Fsp3) is 0.786. The Morgan fingerprint density at radius 3 is 2.86 bits per heavy atom. The molecule has 1 saturated heterocycles. The molecule has 0 saturated carbocycles. The summed E-state index contributed by atoms with van der Waals surface area (Å²) in [5.41, 5.74) is 0. The van der Waals surface area contributed by atoms with E-state index in [0.717, 1.165) is 43.9 Å². The SMILES string of the molecule is CCSCC[C@H](C)NC(=O)N1CCC(n2cncn2)CC1. The molecule has 0 unspecified atom stereocenters. The van der Waals surface area contributed by atoms with Crippen molar-refractivity contribution < 1.29 is 4.79 Å². The number of aromatic nitrogens is 3. The molecule has 0 radical (unpaired) electrons. The van der Waals surface area contributed by atoms with Crippen LogP contribution in [0.2, 0.25) is 0 Å². The Bertz CT molecular complexity index is 417. The predicted molar refractivity (Wildman–Crippen MR) is 85.5 cm³/mol. The second-order valence-corrected chi connectivity index (χ2v) is 6.82. The molecule has 2 heterocycles. The van der Waals surface area contributed by atoms with Crippen molar-refractivity contribution in [3.63, 3.8) is 0 Å². The van der Waals surface area contributed by atoms with E-state index in [1.165, 1.54) is 0 Å². The van der Waals surface area contributed by atoms with Crippen molar-refractivity contribution in [3.8, 4) is 0 Å². The molecule has 0 aliphatic carbocycles. The maximum Gasteiger partial charge on any atom is 0.317 e. The summed E-state index contributed by atoms with van der Waals surface area (Å²) < 4.78 is 1.90. The molecule has 1 N–H and O–H groups in total. The largest absolute Gasteiger partial charge is 0.336 e. The summed E-state index contributed by atoms with van der Waals surface area (Å²) in [7, 11) is 0. The Morgan fingerprint density at radius 1 is 1.48 bits per heavy atom. The zero-order valence-electron chi connectivity index (χ0n) is 12.9. The van der Waals surface area contributed by atoms with Gasteiger partial charge in [0.2, 0.25) is 0 Å². The zero-order chi connectivity index (χ0) is 15.1. The minimum absolute atomic E-state index is 0.0704. The van der Waals surface area contributed by atoms with Gasteiger partial charge in [-0.1, -0.05) is 6.92 Å². The lowest BCUT2D eigenvalue weighted by Gasteiger charge is -2.32. The van der Waals surface area contributed by atoms with Crippen LogP contribution < -0.4 is 5.32 Å². The van der Waals surface area contributed by atoms with E-state index in [0.29, 0.717) is 6.04 Å². The molecular weight excluding hydrogens is 286 g/mol. The molecule has 1 atom stereocenters. The van der Waals surface area contributed by atoms with Gasteiger partial charge in [-0.3, -0.25) is 0 Å². The first-order valence-electron chi connectivity index (χ1n) is 7.68. The van der Waals surface area contributed by atoms with Crippen LogP contribution in [0.25, 0.3) is 0 Å². The number of urea groups is 1. The Kier molecular flexibility index (Phi) is 6.35. The molecule has 1 fully saturated rings. The van der Waals surface area contributed by atoms with Crippen molar-refractivity contribution in [2.24, 2.45) is 0 Å². The number of thioether (sulfide) groups is 1. The van der Waals surface area contributed by atoms with Crippen LogP contribution in [0.5, 0.6) is 0 Å². The van der Waals surface area contributed by atoms with Crippen molar-refractivity contribution >= 4 is 17.8 Å². The number of amides is 2. The maximum absolute atomic E-state index is 12.2. The van der Waals surface area contributed by atoms with Gasteiger partial charge in [0.05, 0.1) is 6.04 Å². The summed E-state index contributed by atoms with van der Waals surface area (Å²) in [5.74, 6) is 2.24. The number of nitrogens with one attached hydrogen (secondary N) is 1.